The first kappa shape index (κ1) is 20.9. The van der Waals surface area contributed by atoms with E-state index in [0.717, 1.165) is 42.7 Å². The fraction of sp³-hybridized carbons (Fsp3) is 0.520. The lowest BCUT2D eigenvalue weighted by Gasteiger charge is -2.27. The molecule has 0 saturated heterocycles. The minimum atomic E-state index is 0.00865. The average Bonchev–Trinajstić information content (AvgIpc) is 3.11. The van der Waals surface area contributed by atoms with Crippen LogP contribution in [0.4, 0.5) is 10.7 Å². The highest BCUT2D eigenvalue weighted by molar-refractivity contribution is 7.16. The maximum absolute atomic E-state index is 12.6. The summed E-state index contributed by atoms with van der Waals surface area (Å²) in [6, 6.07) is 9.40. The zero-order chi connectivity index (χ0) is 21.1. The van der Waals surface area contributed by atoms with E-state index in [2.05, 4.69) is 34.9 Å². The van der Waals surface area contributed by atoms with Crippen LogP contribution in [0.15, 0.2) is 18.2 Å². The number of carbonyl (C=O) groups excluding carboxylic acids is 1. The number of hydrogen-bond donors (Lipinski definition) is 2. The Balaban J connectivity index is 1.51. The number of anilines is 2. The molecule has 1 aromatic carbocycles. The zero-order valence-electron chi connectivity index (χ0n) is 18.0. The summed E-state index contributed by atoms with van der Waals surface area (Å²) in [6.07, 6.45) is 9.39. The minimum absolute atomic E-state index is 0.00865. The number of amides is 1. The molecule has 2 aliphatic rings. The van der Waals surface area contributed by atoms with E-state index in [9.17, 15) is 10.1 Å². The highest BCUT2D eigenvalue weighted by Gasteiger charge is 2.28. The molecule has 1 aromatic heterocycles. The number of hydrogen-bond acceptors (Lipinski definition) is 4. The van der Waals surface area contributed by atoms with Crippen molar-refractivity contribution in [2.45, 2.75) is 77.7 Å². The van der Waals surface area contributed by atoms with Crippen molar-refractivity contribution in [3.05, 3.63) is 45.3 Å². The lowest BCUT2D eigenvalue weighted by molar-refractivity contribution is -0.120. The number of carbonyl (C=O) groups is 1. The first-order chi connectivity index (χ1) is 14.6. The molecule has 2 aromatic rings. The number of rotatable bonds is 6. The number of nitrogens with one attached hydrogen (secondary N) is 2. The summed E-state index contributed by atoms with van der Waals surface area (Å²) in [4.78, 5) is 13.8. The second-order valence-electron chi connectivity index (χ2n) is 8.56. The van der Waals surface area contributed by atoms with Crippen LogP contribution in [0.1, 0.15) is 73.1 Å². The quantitative estimate of drug-likeness (QED) is 0.615. The van der Waals surface area contributed by atoms with Crippen LogP contribution in [0.2, 0.25) is 0 Å². The van der Waals surface area contributed by atoms with Gasteiger partial charge in [-0.3, -0.25) is 4.79 Å². The summed E-state index contributed by atoms with van der Waals surface area (Å²) in [5.74, 6) is 0.0510. The Morgan fingerprint density at radius 3 is 2.77 bits per heavy atom. The smallest absolute Gasteiger partial charge is 0.228 e. The maximum atomic E-state index is 12.6. The monoisotopic (exact) mass is 421 g/mol. The summed E-state index contributed by atoms with van der Waals surface area (Å²) in [5.41, 5.74) is 6.12. The van der Waals surface area contributed by atoms with Crippen molar-refractivity contribution < 1.29 is 4.79 Å². The molecule has 0 aliphatic heterocycles. The molecule has 2 N–H and O–H groups in total. The van der Waals surface area contributed by atoms with E-state index in [4.69, 9.17) is 0 Å². The second kappa shape index (κ2) is 9.22. The largest absolute Gasteiger partial charge is 0.382 e. The van der Waals surface area contributed by atoms with Gasteiger partial charge in [0.05, 0.1) is 5.56 Å². The molecular weight excluding hydrogens is 390 g/mol. The Kier molecular flexibility index (Phi) is 6.43. The number of fused-ring (bicyclic) bond motifs is 2. The lowest BCUT2D eigenvalue weighted by Crippen LogP contribution is -2.27. The molecule has 0 saturated carbocycles. The fourth-order valence-electron chi connectivity index (χ4n) is 4.93. The normalized spacial score (nSPS) is 17.7. The van der Waals surface area contributed by atoms with Gasteiger partial charge < -0.3 is 10.6 Å². The van der Waals surface area contributed by atoms with Crippen LogP contribution >= 0.6 is 11.3 Å². The van der Waals surface area contributed by atoms with E-state index in [1.807, 2.05) is 13.8 Å². The van der Waals surface area contributed by atoms with Gasteiger partial charge in [-0.2, -0.15) is 5.26 Å². The number of nitriles is 1. The molecule has 158 valence electrons. The van der Waals surface area contributed by atoms with Gasteiger partial charge >= 0.3 is 0 Å². The predicted octanol–water partition coefficient (Wildman–Crippen LogP) is 5.84. The lowest BCUT2D eigenvalue weighted by atomic mass is 9.89. The molecule has 1 amide bonds. The first-order valence-corrected chi connectivity index (χ1v) is 12.2. The van der Waals surface area contributed by atoms with Crippen molar-refractivity contribution in [1.29, 1.82) is 5.26 Å². The molecule has 1 atom stereocenters. The van der Waals surface area contributed by atoms with Crippen LogP contribution < -0.4 is 10.6 Å². The zero-order valence-corrected chi connectivity index (χ0v) is 18.8. The Bertz CT molecular complexity index is 968. The van der Waals surface area contributed by atoms with E-state index >= 15 is 0 Å². The molecule has 2 aliphatic carbocycles. The molecule has 1 heterocycles. The molecule has 4 rings (SSSR count). The van der Waals surface area contributed by atoms with Gasteiger partial charge in [-0.05, 0) is 74.1 Å². The number of nitrogens with zero attached hydrogens (tertiary/aromatic N) is 1. The third-order valence-corrected chi connectivity index (χ3v) is 7.90. The Labute approximate surface area is 183 Å². The average molecular weight is 422 g/mol. The molecule has 4 nitrogen and oxygen atoms in total. The van der Waals surface area contributed by atoms with Crippen molar-refractivity contribution in [2.75, 3.05) is 10.6 Å². The van der Waals surface area contributed by atoms with E-state index in [0.29, 0.717) is 11.6 Å². The molecule has 1 unspecified atom stereocenters. The first-order valence-electron chi connectivity index (χ1n) is 11.4. The summed E-state index contributed by atoms with van der Waals surface area (Å²) < 4.78 is 0. The van der Waals surface area contributed by atoms with Gasteiger partial charge in [-0.1, -0.05) is 26.0 Å². The number of thiophene rings is 1. The van der Waals surface area contributed by atoms with E-state index < -0.39 is 0 Å². The maximum Gasteiger partial charge on any atom is 0.228 e. The molecular formula is C25H31N3OS. The standard InChI is InChI=1S/C25H31N3OS/c1-3-16(4-2)24(29)28-25-21(15-26)20-13-12-18(14-23(20)30-25)27-22-11-7-9-17-8-5-6-10-19(17)22/h7,9,11,16,18,27H,3-6,8,10,12-14H2,1-2H3,(H,28,29). The molecule has 0 fully saturated rings. The van der Waals surface area contributed by atoms with Crippen molar-refractivity contribution in [2.24, 2.45) is 5.92 Å². The highest BCUT2D eigenvalue weighted by Crippen LogP contribution is 2.39. The highest BCUT2D eigenvalue weighted by atomic mass is 32.1. The molecule has 0 radical (unpaired) electrons. The van der Waals surface area contributed by atoms with Gasteiger partial charge in [0.2, 0.25) is 5.91 Å². The van der Waals surface area contributed by atoms with Crippen molar-refractivity contribution >= 4 is 27.9 Å². The van der Waals surface area contributed by atoms with Crippen LogP contribution in [-0.2, 0) is 30.5 Å². The Morgan fingerprint density at radius 1 is 1.20 bits per heavy atom. The van der Waals surface area contributed by atoms with Crippen LogP contribution in [-0.4, -0.2) is 11.9 Å². The number of benzene rings is 1. The van der Waals surface area contributed by atoms with Crippen molar-refractivity contribution in [1.82, 2.24) is 0 Å². The van der Waals surface area contributed by atoms with Crippen LogP contribution in [0.5, 0.6) is 0 Å². The van der Waals surface area contributed by atoms with Gasteiger partial charge in [-0.15, -0.1) is 11.3 Å². The van der Waals surface area contributed by atoms with Gasteiger partial charge in [-0.25, -0.2) is 0 Å². The van der Waals surface area contributed by atoms with E-state index in [1.54, 1.807) is 11.3 Å². The van der Waals surface area contributed by atoms with Gasteiger partial charge in [0, 0.05) is 28.9 Å². The van der Waals surface area contributed by atoms with Crippen LogP contribution in [0, 0.1) is 17.2 Å². The van der Waals surface area contributed by atoms with Crippen molar-refractivity contribution in [3.63, 3.8) is 0 Å². The second-order valence-corrected chi connectivity index (χ2v) is 9.66. The number of aryl methyl sites for hydroxylation is 1. The summed E-state index contributed by atoms with van der Waals surface area (Å²) in [6.45, 7) is 4.08. The fourth-order valence-corrected chi connectivity index (χ4v) is 6.21. The van der Waals surface area contributed by atoms with E-state index in [-0.39, 0.29) is 11.8 Å². The summed E-state index contributed by atoms with van der Waals surface area (Å²) in [5, 5.41) is 17.4. The Hall–Kier alpha value is -2.32. The molecule has 0 bridgehead atoms. The van der Waals surface area contributed by atoms with Crippen LogP contribution in [0.25, 0.3) is 0 Å². The topological polar surface area (TPSA) is 64.9 Å². The van der Waals surface area contributed by atoms with Crippen molar-refractivity contribution in [3.8, 4) is 6.07 Å². The van der Waals surface area contributed by atoms with Gasteiger partial charge in [0.25, 0.3) is 0 Å². The summed E-state index contributed by atoms with van der Waals surface area (Å²) in [7, 11) is 0. The predicted molar refractivity (Wildman–Crippen MR) is 124 cm³/mol. The summed E-state index contributed by atoms with van der Waals surface area (Å²) >= 11 is 1.60. The van der Waals surface area contributed by atoms with Gasteiger partial charge in [0.1, 0.15) is 11.1 Å². The Morgan fingerprint density at radius 2 is 2.00 bits per heavy atom. The van der Waals surface area contributed by atoms with Crippen LogP contribution in [0.3, 0.4) is 0 Å². The SMILES string of the molecule is CCC(CC)C(=O)Nc1sc2c(c1C#N)CCC(Nc1cccc3c1CCCC3)C2. The molecule has 30 heavy (non-hydrogen) atoms. The third kappa shape index (κ3) is 4.11. The van der Waals surface area contributed by atoms with E-state index in [1.165, 1.54) is 47.4 Å². The molecule has 0 spiro atoms. The van der Waals surface area contributed by atoms with Gasteiger partial charge in [0.15, 0.2) is 0 Å². The molecule has 5 heteroatoms. The minimum Gasteiger partial charge on any atom is -0.382 e. The third-order valence-electron chi connectivity index (χ3n) is 6.73.